The van der Waals surface area contributed by atoms with Crippen LogP contribution in [0.3, 0.4) is 0 Å². The second-order valence-corrected chi connectivity index (χ2v) is 9.04. The fourth-order valence-corrected chi connectivity index (χ4v) is 4.56. The number of ether oxygens (including phenoxy) is 1. The first-order valence-corrected chi connectivity index (χ1v) is 11.5. The average molecular weight is 464 g/mol. The Kier molecular flexibility index (Phi) is 8.23. The molecule has 1 unspecified atom stereocenters. The SMILES string of the molecule is CC1=C(C(=O)OCCN(C)Cc2ccccc2)C(c2cccc([N+](=O)[O-])c2)C(C(C)C)=C(C)N1. The highest BCUT2D eigenvalue weighted by atomic mass is 16.6. The molecule has 1 aliphatic rings. The molecule has 1 atom stereocenters. The Hall–Kier alpha value is -3.45. The van der Waals surface area contributed by atoms with Gasteiger partial charge in [0.2, 0.25) is 0 Å². The minimum atomic E-state index is -0.409. The Morgan fingerprint density at radius 2 is 1.82 bits per heavy atom. The quantitative estimate of drug-likeness (QED) is 0.314. The summed E-state index contributed by atoms with van der Waals surface area (Å²) in [6, 6.07) is 16.7. The monoisotopic (exact) mass is 463 g/mol. The maximum Gasteiger partial charge on any atom is 0.336 e. The largest absolute Gasteiger partial charge is 0.461 e. The van der Waals surface area contributed by atoms with E-state index in [2.05, 4.69) is 36.2 Å². The first-order chi connectivity index (χ1) is 16.2. The van der Waals surface area contributed by atoms with Crippen molar-refractivity contribution in [1.29, 1.82) is 0 Å². The number of nitrogens with one attached hydrogen (secondary N) is 1. The van der Waals surface area contributed by atoms with E-state index in [1.165, 1.54) is 11.6 Å². The summed E-state index contributed by atoms with van der Waals surface area (Å²) in [6.45, 7) is 9.55. The Morgan fingerprint density at radius 3 is 2.47 bits per heavy atom. The molecule has 0 aliphatic carbocycles. The molecule has 3 rings (SSSR count). The Labute approximate surface area is 201 Å². The summed E-state index contributed by atoms with van der Waals surface area (Å²) in [5.74, 6) is -0.680. The van der Waals surface area contributed by atoms with Crippen molar-refractivity contribution in [1.82, 2.24) is 10.2 Å². The third-order valence-corrected chi connectivity index (χ3v) is 6.07. The van der Waals surface area contributed by atoms with Gasteiger partial charge in [-0.05, 0) is 43.5 Å². The number of likely N-dealkylation sites (N-methyl/N-ethyl adjacent to an activating group) is 1. The van der Waals surface area contributed by atoms with Crippen molar-refractivity contribution >= 4 is 11.7 Å². The van der Waals surface area contributed by atoms with Gasteiger partial charge >= 0.3 is 5.97 Å². The Morgan fingerprint density at radius 1 is 1.12 bits per heavy atom. The van der Waals surface area contributed by atoms with Gasteiger partial charge in [0.05, 0.1) is 10.5 Å². The van der Waals surface area contributed by atoms with Gasteiger partial charge in [0.1, 0.15) is 6.61 Å². The summed E-state index contributed by atoms with van der Waals surface area (Å²) in [5.41, 5.74) is 5.11. The number of non-ortho nitro benzene ring substituents is 1. The number of carbonyl (C=O) groups excluding carboxylic acids is 1. The van der Waals surface area contributed by atoms with Crippen LogP contribution in [0.5, 0.6) is 0 Å². The maximum absolute atomic E-state index is 13.3. The number of carbonyl (C=O) groups is 1. The molecule has 0 radical (unpaired) electrons. The summed E-state index contributed by atoms with van der Waals surface area (Å²) in [4.78, 5) is 26.4. The Bertz CT molecular complexity index is 1110. The molecule has 1 heterocycles. The molecule has 7 nitrogen and oxygen atoms in total. The van der Waals surface area contributed by atoms with E-state index in [1.54, 1.807) is 12.1 Å². The van der Waals surface area contributed by atoms with E-state index in [0.717, 1.165) is 17.8 Å². The van der Waals surface area contributed by atoms with Crippen LogP contribution in [0.4, 0.5) is 5.69 Å². The molecule has 0 spiro atoms. The zero-order valence-corrected chi connectivity index (χ0v) is 20.5. The van der Waals surface area contributed by atoms with Crippen LogP contribution in [0, 0.1) is 16.0 Å². The van der Waals surface area contributed by atoms with Crippen molar-refractivity contribution in [2.75, 3.05) is 20.2 Å². The van der Waals surface area contributed by atoms with Gasteiger partial charge in [-0.1, -0.05) is 56.3 Å². The third kappa shape index (κ3) is 5.91. The number of allylic oxidation sites excluding steroid dienone is 3. The summed E-state index contributed by atoms with van der Waals surface area (Å²) >= 11 is 0. The second kappa shape index (κ2) is 11.1. The van der Waals surface area contributed by atoms with Crippen molar-refractivity contribution in [2.24, 2.45) is 5.92 Å². The normalized spacial score (nSPS) is 16.1. The van der Waals surface area contributed by atoms with Gasteiger partial charge in [-0.2, -0.15) is 0 Å². The van der Waals surface area contributed by atoms with Gasteiger partial charge in [-0.25, -0.2) is 4.79 Å². The molecule has 2 aromatic rings. The fourth-order valence-electron chi connectivity index (χ4n) is 4.56. The molecule has 0 amide bonds. The molecule has 1 N–H and O–H groups in total. The first kappa shape index (κ1) is 25.2. The van der Waals surface area contributed by atoms with Crippen LogP contribution in [0.2, 0.25) is 0 Å². The van der Waals surface area contributed by atoms with Crippen molar-refractivity contribution in [3.63, 3.8) is 0 Å². The van der Waals surface area contributed by atoms with Gasteiger partial charge in [0.25, 0.3) is 5.69 Å². The van der Waals surface area contributed by atoms with Crippen LogP contribution in [0.1, 0.15) is 44.7 Å². The topological polar surface area (TPSA) is 84.7 Å². The van der Waals surface area contributed by atoms with Crippen LogP contribution < -0.4 is 5.32 Å². The first-order valence-electron chi connectivity index (χ1n) is 11.5. The number of hydrogen-bond acceptors (Lipinski definition) is 6. The van der Waals surface area contributed by atoms with E-state index in [1.807, 2.05) is 45.2 Å². The van der Waals surface area contributed by atoms with E-state index in [0.29, 0.717) is 23.4 Å². The maximum atomic E-state index is 13.3. The standard InChI is InChI=1S/C27H33N3O4/c1-18(2)24-19(3)28-20(4)25(26(24)22-12-9-13-23(16-22)30(32)33)27(31)34-15-14-29(5)17-21-10-7-6-8-11-21/h6-13,16,18,26,28H,14-15,17H2,1-5H3. The zero-order valence-electron chi connectivity index (χ0n) is 20.5. The average Bonchev–Trinajstić information content (AvgIpc) is 2.78. The lowest BCUT2D eigenvalue weighted by molar-refractivity contribution is -0.384. The molecule has 180 valence electrons. The van der Waals surface area contributed by atoms with Crippen molar-refractivity contribution in [3.05, 3.63) is 98.4 Å². The number of hydrogen-bond donors (Lipinski definition) is 1. The molecule has 2 aromatic carbocycles. The predicted octanol–water partition coefficient (Wildman–Crippen LogP) is 5.16. The highest BCUT2D eigenvalue weighted by Crippen LogP contribution is 2.42. The number of dihydropyridines is 1. The van der Waals surface area contributed by atoms with Crippen molar-refractivity contribution in [2.45, 2.75) is 40.2 Å². The lowest BCUT2D eigenvalue weighted by Crippen LogP contribution is -2.32. The second-order valence-electron chi connectivity index (χ2n) is 9.04. The van der Waals surface area contributed by atoms with Crippen LogP contribution in [-0.4, -0.2) is 36.0 Å². The number of rotatable bonds is 9. The minimum Gasteiger partial charge on any atom is -0.461 e. The van der Waals surface area contributed by atoms with Gasteiger partial charge in [0.15, 0.2) is 0 Å². The van der Waals surface area contributed by atoms with Crippen LogP contribution in [-0.2, 0) is 16.1 Å². The van der Waals surface area contributed by atoms with Gasteiger partial charge < -0.3 is 10.1 Å². The lowest BCUT2D eigenvalue weighted by Gasteiger charge is -2.33. The highest BCUT2D eigenvalue weighted by molar-refractivity contribution is 5.92. The zero-order chi connectivity index (χ0) is 24.8. The lowest BCUT2D eigenvalue weighted by atomic mass is 9.76. The van der Waals surface area contributed by atoms with Crippen molar-refractivity contribution in [3.8, 4) is 0 Å². The van der Waals surface area contributed by atoms with Gasteiger partial charge in [-0.15, -0.1) is 0 Å². The van der Waals surface area contributed by atoms with Crippen LogP contribution >= 0.6 is 0 Å². The molecule has 0 fully saturated rings. The summed E-state index contributed by atoms with van der Waals surface area (Å²) in [6.07, 6.45) is 0. The number of nitro benzene ring substituents is 1. The number of esters is 1. The van der Waals surface area contributed by atoms with Crippen LogP contribution in [0.15, 0.2) is 77.1 Å². The highest BCUT2D eigenvalue weighted by Gasteiger charge is 2.35. The van der Waals surface area contributed by atoms with E-state index < -0.39 is 16.8 Å². The minimum absolute atomic E-state index is 0.00435. The molecule has 0 saturated heterocycles. The van der Waals surface area contributed by atoms with Crippen molar-refractivity contribution < 1.29 is 14.5 Å². The molecule has 1 aliphatic heterocycles. The van der Waals surface area contributed by atoms with E-state index in [9.17, 15) is 14.9 Å². The molecule has 7 heteroatoms. The molecular formula is C27H33N3O4. The molecule has 0 saturated carbocycles. The van der Waals surface area contributed by atoms with E-state index in [-0.39, 0.29) is 18.2 Å². The summed E-state index contributed by atoms with van der Waals surface area (Å²) in [5, 5.41) is 14.7. The van der Waals surface area contributed by atoms with Gasteiger partial charge in [-0.3, -0.25) is 15.0 Å². The number of benzene rings is 2. The smallest absolute Gasteiger partial charge is 0.336 e. The summed E-state index contributed by atoms with van der Waals surface area (Å²) < 4.78 is 5.72. The summed E-state index contributed by atoms with van der Waals surface area (Å²) in [7, 11) is 1.99. The van der Waals surface area contributed by atoms with Crippen LogP contribution in [0.25, 0.3) is 0 Å². The fraction of sp³-hybridized carbons (Fsp3) is 0.370. The number of nitro groups is 1. The van der Waals surface area contributed by atoms with E-state index in [4.69, 9.17) is 4.74 Å². The van der Waals surface area contributed by atoms with Gasteiger partial charge in [0, 0.05) is 42.5 Å². The van der Waals surface area contributed by atoms with E-state index >= 15 is 0 Å². The predicted molar refractivity (Wildman–Crippen MR) is 133 cm³/mol. The molecule has 0 aromatic heterocycles. The number of nitrogens with zero attached hydrogens (tertiary/aromatic N) is 2. The third-order valence-electron chi connectivity index (χ3n) is 6.07. The molecule has 0 bridgehead atoms. The Balaban J connectivity index is 1.81. The molecular weight excluding hydrogens is 430 g/mol. The molecule has 34 heavy (non-hydrogen) atoms.